The van der Waals surface area contributed by atoms with Crippen LogP contribution in [-0.2, 0) is 10.0 Å². The van der Waals surface area contributed by atoms with Crippen molar-refractivity contribution in [3.05, 3.63) is 52.0 Å². The minimum absolute atomic E-state index is 0.168. The first-order chi connectivity index (χ1) is 11.3. The second kappa shape index (κ2) is 8.00. The maximum Gasteiger partial charge on any atom is 0.240 e. The van der Waals surface area contributed by atoms with E-state index in [9.17, 15) is 8.42 Å². The van der Waals surface area contributed by atoms with E-state index in [2.05, 4.69) is 20.7 Å². The third-order valence-electron chi connectivity index (χ3n) is 3.43. The highest BCUT2D eigenvalue weighted by molar-refractivity contribution is 9.10. The molecule has 0 unspecified atom stereocenters. The maximum atomic E-state index is 12.3. The van der Waals surface area contributed by atoms with E-state index >= 15 is 0 Å². The van der Waals surface area contributed by atoms with Gasteiger partial charge in [-0.15, -0.1) is 0 Å². The number of nitrogens with one attached hydrogen (secondary N) is 1. The van der Waals surface area contributed by atoms with Crippen molar-refractivity contribution in [2.24, 2.45) is 0 Å². The van der Waals surface area contributed by atoms with Gasteiger partial charge in [-0.25, -0.2) is 13.1 Å². The van der Waals surface area contributed by atoms with Crippen molar-refractivity contribution in [3.8, 4) is 11.5 Å². The van der Waals surface area contributed by atoms with Gasteiger partial charge in [-0.1, -0.05) is 12.1 Å². The maximum absolute atomic E-state index is 12.3. The summed E-state index contributed by atoms with van der Waals surface area (Å²) < 4.78 is 38.4. The SMILES string of the molecule is COc1ccc(S(=O)(=O)NCCOc2cc(C)ccc2C)cc1Br. The number of hydrogen-bond acceptors (Lipinski definition) is 4. The van der Waals surface area contributed by atoms with Crippen molar-refractivity contribution < 1.29 is 17.9 Å². The molecule has 130 valence electrons. The third-order valence-corrected chi connectivity index (χ3v) is 5.51. The van der Waals surface area contributed by atoms with Gasteiger partial charge in [0, 0.05) is 6.54 Å². The summed E-state index contributed by atoms with van der Waals surface area (Å²) >= 11 is 3.28. The van der Waals surface area contributed by atoms with Gasteiger partial charge in [0.2, 0.25) is 10.0 Å². The Morgan fingerprint density at radius 3 is 2.50 bits per heavy atom. The predicted molar refractivity (Wildman–Crippen MR) is 97.3 cm³/mol. The van der Waals surface area contributed by atoms with E-state index in [1.165, 1.54) is 19.2 Å². The van der Waals surface area contributed by atoms with E-state index in [1.54, 1.807) is 6.07 Å². The highest BCUT2D eigenvalue weighted by Gasteiger charge is 2.15. The highest BCUT2D eigenvalue weighted by Crippen LogP contribution is 2.27. The van der Waals surface area contributed by atoms with Crippen molar-refractivity contribution >= 4 is 26.0 Å². The summed E-state index contributed by atoms with van der Waals surface area (Å²) in [4.78, 5) is 0.168. The Kier molecular flexibility index (Phi) is 6.26. The molecular weight excluding hydrogens is 394 g/mol. The average molecular weight is 414 g/mol. The first kappa shape index (κ1) is 18.8. The number of halogens is 1. The second-order valence-electron chi connectivity index (χ2n) is 5.31. The first-order valence-corrected chi connectivity index (χ1v) is 9.64. The van der Waals surface area contributed by atoms with Crippen LogP contribution in [0.25, 0.3) is 0 Å². The van der Waals surface area contributed by atoms with Crippen LogP contribution in [-0.4, -0.2) is 28.7 Å². The van der Waals surface area contributed by atoms with Gasteiger partial charge < -0.3 is 9.47 Å². The summed E-state index contributed by atoms with van der Waals surface area (Å²) in [6, 6.07) is 10.5. The second-order valence-corrected chi connectivity index (χ2v) is 7.93. The average Bonchev–Trinajstić information content (AvgIpc) is 2.54. The molecule has 24 heavy (non-hydrogen) atoms. The zero-order chi connectivity index (χ0) is 17.7. The summed E-state index contributed by atoms with van der Waals surface area (Å²) in [5.41, 5.74) is 2.11. The number of methoxy groups -OCH3 is 1. The molecule has 0 saturated heterocycles. The van der Waals surface area contributed by atoms with Crippen molar-refractivity contribution in [2.75, 3.05) is 20.3 Å². The van der Waals surface area contributed by atoms with Crippen molar-refractivity contribution in [1.82, 2.24) is 4.72 Å². The van der Waals surface area contributed by atoms with Gasteiger partial charge in [0.05, 0.1) is 16.5 Å². The third kappa shape index (κ3) is 4.72. The highest BCUT2D eigenvalue weighted by atomic mass is 79.9. The zero-order valence-corrected chi connectivity index (χ0v) is 16.2. The lowest BCUT2D eigenvalue weighted by atomic mass is 10.1. The number of rotatable bonds is 7. The summed E-state index contributed by atoms with van der Waals surface area (Å²) in [6.07, 6.45) is 0. The molecule has 5 nitrogen and oxygen atoms in total. The predicted octanol–water partition coefficient (Wildman–Crippen LogP) is 3.43. The van der Waals surface area contributed by atoms with Crippen LogP contribution < -0.4 is 14.2 Å². The first-order valence-electron chi connectivity index (χ1n) is 7.37. The molecular formula is C17H20BrNO4S. The van der Waals surface area contributed by atoms with Gasteiger partial charge >= 0.3 is 0 Å². The van der Waals surface area contributed by atoms with Crippen LogP contribution in [0.3, 0.4) is 0 Å². The Balaban J connectivity index is 1.95. The van der Waals surface area contributed by atoms with Crippen LogP contribution in [0.15, 0.2) is 45.8 Å². The van der Waals surface area contributed by atoms with Crippen LogP contribution in [0.4, 0.5) is 0 Å². The van der Waals surface area contributed by atoms with Crippen LogP contribution in [0, 0.1) is 13.8 Å². The summed E-state index contributed by atoms with van der Waals surface area (Å²) in [5, 5.41) is 0. The standard InChI is InChI=1S/C17H20BrNO4S/c1-12-4-5-13(2)17(10-12)23-9-8-19-24(20,21)14-6-7-16(22-3)15(18)11-14/h4-7,10-11,19H,8-9H2,1-3H3. The largest absolute Gasteiger partial charge is 0.496 e. The lowest BCUT2D eigenvalue weighted by Crippen LogP contribution is -2.28. The number of sulfonamides is 1. The number of benzene rings is 2. The summed E-state index contributed by atoms with van der Waals surface area (Å²) in [5.74, 6) is 1.34. The van der Waals surface area contributed by atoms with Crippen LogP contribution in [0.1, 0.15) is 11.1 Å². The minimum atomic E-state index is -3.60. The van der Waals surface area contributed by atoms with Gasteiger partial charge in [0.15, 0.2) is 0 Å². The topological polar surface area (TPSA) is 64.6 Å². The Hall–Kier alpha value is -1.57. The van der Waals surface area contributed by atoms with Crippen molar-refractivity contribution in [1.29, 1.82) is 0 Å². The Morgan fingerprint density at radius 1 is 1.08 bits per heavy atom. The molecule has 0 aliphatic carbocycles. The van der Waals surface area contributed by atoms with Crippen LogP contribution >= 0.6 is 15.9 Å². The molecule has 0 aliphatic heterocycles. The van der Waals surface area contributed by atoms with Gasteiger partial charge in [-0.2, -0.15) is 0 Å². The molecule has 0 spiro atoms. The molecule has 0 bridgehead atoms. The number of aryl methyl sites for hydroxylation is 2. The van der Waals surface area contributed by atoms with E-state index in [-0.39, 0.29) is 18.0 Å². The molecule has 0 radical (unpaired) electrons. The number of ether oxygens (including phenoxy) is 2. The molecule has 2 rings (SSSR count). The molecule has 0 amide bonds. The van der Waals surface area contributed by atoms with Gasteiger partial charge in [-0.3, -0.25) is 0 Å². The van der Waals surface area contributed by atoms with Crippen molar-refractivity contribution in [3.63, 3.8) is 0 Å². The molecule has 1 N–H and O–H groups in total. The normalized spacial score (nSPS) is 11.3. The summed E-state index contributed by atoms with van der Waals surface area (Å²) in [7, 11) is -2.07. The fourth-order valence-corrected chi connectivity index (χ4v) is 3.83. The molecule has 2 aromatic rings. The fourth-order valence-electron chi connectivity index (χ4n) is 2.10. The monoisotopic (exact) mass is 413 g/mol. The lowest BCUT2D eigenvalue weighted by Gasteiger charge is -2.11. The quantitative estimate of drug-likeness (QED) is 0.706. The molecule has 0 saturated carbocycles. The summed E-state index contributed by atoms with van der Waals surface area (Å²) in [6.45, 7) is 4.37. The van der Waals surface area contributed by atoms with Crippen molar-refractivity contribution in [2.45, 2.75) is 18.7 Å². The van der Waals surface area contributed by atoms with E-state index in [0.29, 0.717) is 10.2 Å². The van der Waals surface area contributed by atoms with Crippen LogP contribution in [0.5, 0.6) is 11.5 Å². The fraction of sp³-hybridized carbons (Fsp3) is 0.294. The molecule has 0 aromatic heterocycles. The van der Waals surface area contributed by atoms with Gasteiger partial charge in [0.1, 0.15) is 18.1 Å². The van der Waals surface area contributed by atoms with Gasteiger partial charge in [-0.05, 0) is 65.2 Å². The molecule has 0 fully saturated rings. The Morgan fingerprint density at radius 2 is 1.83 bits per heavy atom. The molecule has 2 aromatic carbocycles. The zero-order valence-electron chi connectivity index (χ0n) is 13.8. The molecule has 0 heterocycles. The van der Waals surface area contributed by atoms with E-state index in [0.717, 1.165) is 16.9 Å². The molecule has 0 atom stereocenters. The lowest BCUT2D eigenvalue weighted by molar-refractivity contribution is 0.320. The Labute approximate surface area is 151 Å². The van der Waals surface area contributed by atoms with Crippen LogP contribution in [0.2, 0.25) is 0 Å². The Bertz CT molecular complexity index is 821. The van der Waals surface area contributed by atoms with E-state index in [1.807, 2.05) is 32.0 Å². The van der Waals surface area contributed by atoms with E-state index in [4.69, 9.17) is 9.47 Å². The van der Waals surface area contributed by atoms with Gasteiger partial charge in [0.25, 0.3) is 0 Å². The number of hydrogen-bond donors (Lipinski definition) is 1. The van der Waals surface area contributed by atoms with E-state index < -0.39 is 10.0 Å². The minimum Gasteiger partial charge on any atom is -0.496 e. The smallest absolute Gasteiger partial charge is 0.240 e. The molecule has 7 heteroatoms. The molecule has 0 aliphatic rings.